The zero-order valence-electron chi connectivity index (χ0n) is 13.0. The molecule has 1 aromatic rings. The average Bonchev–Trinajstić information content (AvgIpc) is 2.45. The second kappa shape index (κ2) is 6.31. The van der Waals surface area contributed by atoms with Crippen LogP contribution in [0.15, 0.2) is 24.3 Å². The SMILES string of the molecule is CCOc1ccccc1C1NC(=O)NC(O)(C(F)(F)F)C1C(C)=O. The van der Waals surface area contributed by atoms with Crippen molar-refractivity contribution >= 4 is 11.8 Å². The molecule has 1 heterocycles. The second-order valence-electron chi connectivity index (χ2n) is 5.40. The highest BCUT2D eigenvalue weighted by atomic mass is 19.4. The van der Waals surface area contributed by atoms with Gasteiger partial charge in [0.05, 0.1) is 18.6 Å². The molecule has 3 N–H and O–H groups in total. The molecule has 6 nitrogen and oxygen atoms in total. The Labute approximate surface area is 136 Å². The van der Waals surface area contributed by atoms with Gasteiger partial charge in [0, 0.05) is 5.56 Å². The Hall–Kier alpha value is -2.29. The number of hydrogen-bond donors (Lipinski definition) is 3. The first kappa shape index (κ1) is 18.1. The lowest BCUT2D eigenvalue weighted by Crippen LogP contribution is -2.72. The third-order valence-electron chi connectivity index (χ3n) is 3.80. The molecule has 132 valence electrons. The van der Waals surface area contributed by atoms with Gasteiger partial charge in [0.15, 0.2) is 0 Å². The highest BCUT2D eigenvalue weighted by Crippen LogP contribution is 2.44. The van der Waals surface area contributed by atoms with E-state index < -0.39 is 35.7 Å². The van der Waals surface area contributed by atoms with E-state index in [4.69, 9.17) is 4.74 Å². The van der Waals surface area contributed by atoms with Crippen LogP contribution in [0.4, 0.5) is 18.0 Å². The number of urea groups is 1. The van der Waals surface area contributed by atoms with Crippen LogP contribution in [0.1, 0.15) is 25.5 Å². The standard InChI is InChI=1S/C15H17F3N2O4/c1-3-24-10-7-5-4-6-9(10)12-11(8(2)21)14(23,15(16,17)18)20-13(22)19-12/h4-7,11-12,23H,3H2,1-2H3,(H2,19,20,22). The number of carbonyl (C=O) groups is 2. The first-order chi connectivity index (χ1) is 11.1. The van der Waals surface area contributed by atoms with E-state index in [-0.39, 0.29) is 17.9 Å². The number of nitrogens with one attached hydrogen (secondary N) is 2. The zero-order chi connectivity index (χ0) is 18.1. The van der Waals surface area contributed by atoms with Gasteiger partial charge < -0.3 is 20.5 Å². The molecule has 9 heteroatoms. The van der Waals surface area contributed by atoms with Crippen molar-refractivity contribution in [2.45, 2.75) is 31.8 Å². The summed E-state index contributed by atoms with van der Waals surface area (Å²) in [7, 11) is 0. The number of amides is 2. The Kier molecular flexibility index (Phi) is 4.75. The van der Waals surface area contributed by atoms with Gasteiger partial charge in [0.2, 0.25) is 5.72 Å². The van der Waals surface area contributed by atoms with E-state index in [1.807, 2.05) is 0 Å². The Morgan fingerprint density at radius 2 is 2.00 bits per heavy atom. The lowest BCUT2D eigenvalue weighted by molar-refractivity contribution is -0.290. The zero-order valence-corrected chi connectivity index (χ0v) is 13.0. The van der Waals surface area contributed by atoms with Crippen LogP contribution in [0.2, 0.25) is 0 Å². The van der Waals surface area contributed by atoms with Crippen molar-refractivity contribution in [3.8, 4) is 5.75 Å². The molecule has 0 spiro atoms. The normalized spacial score (nSPS) is 27.2. The van der Waals surface area contributed by atoms with Crippen LogP contribution in [0.3, 0.4) is 0 Å². The molecule has 1 aliphatic rings. The summed E-state index contributed by atoms with van der Waals surface area (Å²) >= 11 is 0. The molecule has 0 bridgehead atoms. The number of ketones is 1. The number of rotatable bonds is 4. The molecule has 1 saturated heterocycles. The van der Waals surface area contributed by atoms with Crippen LogP contribution in [0.25, 0.3) is 0 Å². The van der Waals surface area contributed by atoms with Gasteiger partial charge in [-0.25, -0.2) is 4.79 Å². The van der Waals surface area contributed by atoms with Crippen molar-refractivity contribution in [1.29, 1.82) is 0 Å². The van der Waals surface area contributed by atoms with E-state index in [0.717, 1.165) is 6.92 Å². The van der Waals surface area contributed by atoms with E-state index in [9.17, 15) is 27.9 Å². The van der Waals surface area contributed by atoms with Crippen LogP contribution in [-0.2, 0) is 4.79 Å². The lowest BCUT2D eigenvalue weighted by Gasteiger charge is -2.44. The van der Waals surface area contributed by atoms with Crippen LogP contribution in [0.5, 0.6) is 5.75 Å². The number of carbonyl (C=O) groups excluding carboxylic acids is 2. The molecule has 2 amide bonds. The molecule has 0 radical (unpaired) electrons. The fraction of sp³-hybridized carbons (Fsp3) is 0.467. The van der Waals surface area contributed by atoms with Gasteiger partial charge in [0.25, 0.3) is 0 Å². The molecule has 2 rings (SSSR count). The Bertz CT molecular complexity index is 650. The molecule has 1 fully saturated rings. The largest absolute Gasteiger partial charge is 0.494 e. The quantitative estimate of drug-likeness (QED) is 0.777. The summed E-state index contributed by atoms with van der Waals surface area (Å²) < 4.78 is 45.5. The van der Waals surface area contributed by atoms with Crippen LogP contribution < -0.4 is 15.4 Å². The highest BCUT2D eigenvalue weighted by molar-refractivity contribution is 5.86. The van der Waals surface area contributed by atoms with Crippen molar-refractivity contribution in [2.24, 2.45) is 5.92 Å². The van der Waals surface area contributed by atoms with Crippen LogP contribution in [-0.4, -0.2) is 35.4 Å². The molecular weight excluding hydrogens is 329 g/mol. The first-order valence-electron chi connectivity index (χ1n) is 7.21. The summed E-state index contributed by atoms with van der Waals surface area (Å²) in [5.74, 6) is -2.68. The molecule has 0 aliphatic carbocycles. The Balaban J connectivity index is 2.59. The monoisotopic (exact) mass is 346 g/mol. The molecule has 1 aliphatic heterocycles. The highest BCUT2D eigenvalue weighted by Gasteiger charge is 2.65. The molecule has 0 saturated carbocycles. The number of para-hydroxylation sites is 1. The second-order valence-corrected chi connectivity index (χ2v) is 5.40. The van der Waals surface area contributed by atoms with Crippen molar-refractivity contribution in [3.05, 3.63) is 29.8 Å². The number of hydrogen-bond acceptors (Lipinski definition) is 4. The summed E-state index contributed by atoms with van der Waals surface area (Å²) in [4.78, 5) is 23.6. The van der Waals surface area contributed by atoms with E-state index in [2.05, 4.69) is 5.32 Å². The summed E-state index contributed by atoms with van der Waals surface area (Å²) in [5, 5.41) is 13.8. The van der Waals surface area contributed by atoms with Crippen LogP contribution in [0, 0.1) is 5.92 Å². The lowest BCUT2D eigenvalue weighted by atomic mass is 9.79. The minimum absolute atomic E-state index is 0.178. The van der Waals surface area contributed by atoms with Gasteiger partial charge in [-0.1, -0.05) is 18.2 Å². The number of ether oxygens (including phenoxy) is 1. The number of alkyl halides is 3. The van der Waals surface area contributed by atoms with Crippen molar-refractivity contribution in [1.82, 2.24) is 10.6 Å². The third kappa shape index (κ3) is 3.03. The number of halogens is 3. The number of aliphatic hydroxyl groups is 1. The fourth-order valence-electron chi connectivity index (χ4n) is 2.81. The van der Waals surface area contributed by atoms with Gasteiger partial charge in [-0.2, -0.15) is 13.2 Å². The van der Waals surface area contributed by atoms with Gasteiger partial charge in [-0.3, -0.25) is 4.79 Å². The van der Waals surface area contributed by atoms with Crippen molar-refractivity contribution in [3.63, 3.8) is 0 Å². The summed E-state index contributed by atoms with van der Waals surface area (Å²) in [6.45, 7) is 2.85. The minimum Gasteiger partial charge on any atom is -0.494 e. The molecular formula is C15H17F3N2O4. The summed E-state index contributed by atoms with van der Waals surface area (Å²) in [6.07, 6.45) is -5.24. The van der Waals surface area contributed by atoms with Gasteiger partial charge >= 0.3 is 12.2 Å². The number of Topliss-reactive ketones (excluding diaryl/α,β-unsaturated/α-hetero) is 1. The molecule has 3 atom stereocenters. The summed E-state index contributed by atoms with van der Waals surface area (Å²) in [5.41, 5.74) is -3.50. The van der Waals surface area contributed by atoms with Gasteiger partial charge in [-0.05, 0) is 19.9 Å². The first-order valence-corrected chi connectivity index (χ1v) is 7.21. The van der Waals surface area contributed by atoms with Crippen molar-refractivity contribution in [2.75, 3.05) is 6.61 Å². The van der Waals surface area contributed by atoms with Gasteiger partial charge in [-0.15, -0.1) is 0 Å². The Morgan fingerprint density at radius 3 is 2.54 bits per heavy atom. The molecule has 3 unspecified atom stereocenters. The maximum absolute atomic E-state index is 13.4. The van der Waals surface area contributed by atoms with E-state index in [1.54, 1.807) is 13.0 Å². The van der Waals surface area contributed by atoms with E-state index in [0.29, 0.717) is 0 Å². The smallest absolute Gasteiger partial charge is 0.437 e. The fourth-order valence-corrected chi connectivity index (χ4v) is 2.81. The van der Waals surface area contributed by atoms with E-state index >= 15 is 0 Å². The third-order valence-corrected chi connectivity index (χ3v) is 3.80. The summed E-state index contributed by atoms with van der Waals surface area (Å²) in [6, 6.07) is 3.46. The van der Waals surface area contributed by atoms with E-state index in [1.165, 1.54) is 23.5 Å². The predicted molar refractivity (Wildman–Crippen MR) is 77.2 cm³/mol. The topological polar surface area (TPSA) is 87.7 Å². The number of benzene rings is 1. The molecule has 1 aromatic carbocycles. The minimum atomic E-state index is -5.24. The Morgan fingerprint density at radius 1 is 1.38 bits per heavy atom. The average molecular weight is 346 g/mol. The maximum atomic E-state index is 13.4. The molecule has 24 heavy (non-hydrogen) atoms. The predicted octanol–water partition coefficient (Wildman–Crippen LogP) is 1.90. The molecule has 0 aromatic heterocycles. The van der Waals surface area contributed by atoms with Crippen LogP contribution >= 0.6 is 0 Å². The maximum Gasteiger partial charge on any atom is 0.437 e. The van der Waals surface area contributed by atoms with Crippen molar-refractivity contribution < 1.29 is 32.6 Å². The van der Waals surface area contributed by atoms with Gasteiger partial charge in [0.1, 0.15) is 11.5 Å².